The lowest BCUT2D eigenvalue weighted by Crippen LogP contribution is -2.55. The molecular weight excluding hydrogens is 675 g/mol. The third kappa shape index (κ3) is 8.03. The minimum Gasteiger partial charge on any atom is -0.493 e. The van der Waals surface area contributed by atoms with E-state index < -0.39 is 24.2 Å². The van der Waals surface area contributed by atoms with Crippen LogP contribution in [0.4, 0.5) is 0 Å². The molecule has 0 saturated heterocycles. The van der Waals surface area contributed by atoms with Crippen LogP contribution >= 0.6 is 34.2 Å². The number of amides is 2. The van der Waals surface area contributed by atoms with E-state index in [1.165, 1.54) is 13.2 Å². The number of aldehydes is 1. The van der Waals surface area contributed by atoms with Crippen molar-refractivity contribution in [2.45, 2.75) is 63.3 Å². The molecule has 0 aliphatic heterocycles. The molecule has 4 rings (SSSR count). The highest BCUT2D eigenvalue weighted by Crippen LogP contribution is 2.37. The Morgan fingerprint density at radius 3 is 2.55 bits per heavy atom. The largest absolute Gasteiger partial charge is 0.493 e. The number of aliphatic hydroxyl groups excluding tert-OH is 2. The van der Waals surface area contributed by atoms with Gasteiger partial charge in [0.2, 0.25) is 11.8 Å². The van der Waals surface area contributed by atoms with Crippen LogP contribution in [0.3, 0.4) is 0 Å². The van der Waals surface area contributed by atoms with Gasteiger partial charge in [0.15, 0.2) is 11.5 Å². The number of hydrogen-bond donors (Lipinski definition) is 3. The first-order valence-corrected chi connectivity index (χ1v) is 15.5. The first-order valence-electron chi connectivity index (χ1n) is 14.0. The van der Waals surface area contributed by atoms with Gasteiger partial charge in [-0.2, -0.15) is 0 Å². The fraction of sp³-hybridized carbons (Fsp3) is 0.452. The molecule has 2 aromatic carbocycles. The fourth-order valence-electron chi connectivity index (χ4n) is 5.59. The lowest BCUT2D eigenvalue weighted by Gasteiger charge is -2.41. The molecule has 2 amide bonds. The van der Waals surface area contributed by atoms with Gasteiger partial charge in [0.05, 0.1) is 23.3 Å². The van der Waals surface area contributed by atoms with Crippen molar-refractivity contribution in [3.63, 3.8) is 0 Å². The Labute approximate surface area is 264 Å². The Hall–Kier alpha value is -2.67. The molecule has 1 fully saturated rings. The standard InChI is InChI=1S/C31H36ClIN2O7/c1-41-27-13-21(18-37)12-24(33)30(27)42-26-16-22(31(40)34-10-11-36)15-25(29(26)39)35(17-20-6-8-23(32)9-7-20)28(38)14-19-4-2-3-5-19/h6-9,12-13,16,18-19,25-26,29,36,39H,2-5,10-11,14-15,17H2,1H3,(H,34,40). The summed E-state index contributed by atoms with van der Waals surface area (Å²) in [4.78, 5) is 40.1. The Balaban J connectivity index is 1.71. The maximum Gasteiger partial charge on any atom is 0.247 e. The zero-order valence-electron chi connectivity index (χ0n) is 23.4. The molecule has 2 aliphatic rings. The summed E-state index contributed by atoms with van der Waals surface area (Å²) in [6.45, 7) is 0.0481. The summed E-state index contributed by atoms with van der Waals surface area (Å²) in [6.07, 6.45) is 4.67. The molecule has 0 bridgehead atoms. The highest BCUT2D eigenvalue weighted by molar-refractivity contribution is 14.1. The van der Waals surface area contributed by atoms with Crippen LogP contribution in [0.5, 0.6) is 11.5 Å². The molecule has 42 heavy (non-hydrogen) atoms. The Kier molecular flexibility index (Phi) is 11.7. The number of benzene rings is 2. The zero-order chi connectivity index (χ0) is 30.2. The first kappa shape index (κ1) is 32.2. The van der Waals surface area contributed by atoms with E-state index in [2.05, 4.69) is 5.32 Å². The molecule has 3 atom stereocenters. The highest BCUT2D eigenvalue weighted by atomic mass is 127. The maximum absolute atomic E-state index is 13.9. The molecule has 0 spiro atoms. The van der Waals surface area contributed by atoms with Crippen molar-refractivity contribution in [3.8, 4) is 11.5 Å². The molecule has 0 heterocycles. The molecule has 0 aromatic heterocycles. The van der Waals surface area contributed by atoms with Gasteiger partial charge in [-0.3, -0.25) is 14.4 Å². The predicted octanol–water partition coefficient (Wildman–Crippen LogP) is 4.29. The van der Waals surface area contributed by atoms with Crippen LogP contribution in [-0.2, 0) is 16.1 Å². The second kappa shape index (κ2) is 15.2. The van der Waals surface area contributed by atoms with Crippen LogP contribution in [0, 0.1) is 9.49 Å². The average molecular weight is 711 g/mol. The second-order valence-corrected chi connectivity index (χ2v) is 12.3. The zero-order valence-corrected chi connectivity index (χ0v) is 26.3. The maximum atomic E-state index is 13.9. The van der Waals surface area contributed by atoms with Gasteiger partial charge in [-0.25, -0.2) is 0 Å². The predicted molar refractivity (Wildman–Crippen MR) is 167 cm³/mol. The van der Waals surface area contributed by atoms with E-state index in [-0.39, 0.29) is 37.9 Å². The van der Waals surface area contributed by atoms with Crippen molar-refractivity contribution < 1.29 is 34.1 Å². The average Bonchev–Trinajstić information content (AvgIpc) is 3.50. The molecule has 1 saturated carbocycles. The summed E-state index contributed by atoms with van der Waals surface area (Å²) in [5.74, 6) is 0.374. The normalized spacial score (nSPS) is 20.5. The molecule has 0 radical (unpaired) electrons. The Morgan fingerprint density at radius 2 is 1.90 bits per heavy atom. The van der Waals surface area contributed by atoms with E-state index >= 15 is 0 Å². The molecule has 11 heteroatoms. The van der Waals surface area contributed by atoms with E-state index in [4.69, 9.17) is 21.1 Å². The van der Waals surface area contributed by atoms with Crippen molar-refractivity contribution in [2.24, 2.45) is 5.92 Å². The fourth-order valence-corrected chi connectivity index (χ4v) is 6.47. The van der Waals surface area contributed by atoms with Crippen LogP contribution in [0.1, 0.15) is 54.4 Å². The number of methoxy groups -OCH3 is 1. The van der Waals surface area contributed by atoms with E-state index in [9.17, 15) is 24.6 Å². The van der Waals surface area contributed by atoms with Crippen molar-refractivity contribution >= 4 is 52.3 Å². The van der Waals surface area contributed by atoms with Crippen molar-refractivity contribution in [2.75, 3.05) is 20.3 Å². The molecular formula is C31H36ClIN2O7. The monoisotopic (exact) mass is 710 g/mol. The summed E-state index contributed by atoms with van der Waals surface area (Å²) in [5.41, 5.74) is 1.57. The number of nitrogens with zero attached hydrogens (tertiary/aromatic N) is 1. The van der Waals surface area contributed by atoms with Crippen molar-refractivity contribution in [1.82, 2.24) is 10.2 Å². The lowest BCUT2D eigenvalue weighted by molar-refractivity contribution is -0.140. The molecule has 2 aromatic rings. The quantitative estimate of drug-likeness (QED) is 0.222. The molecule has 3 N–H and O–H groups in total. The van der Waals surface area contributed by atoms with Crippen LogP contribution in [0.2, 0.25) is 5.02 Å². The van der Waals surface area contributed by atoms with Crippen molar-refractivity contribution in [3.05, 3.63) is 67.8 Å². The molecule has 226 valence electrons. The number of nitrogens with one attached hydrogen (secondary N) is 1. The Morgan fingerprint density at radius 1 is 1.19 bits per heavy atom. The van der Waals surface area contributed by atoms with E-state index in [0.29, 0.717) is 43.9 Å². The lowest BCUT2D eigenvalue weighted by atomic mass is 9.87. The van der Waals surface area contributed by atoms with E-state index in [0.717, 1.165) is 31.2 Å². The van der Waals surface area contributed by atoms with Gasteiger partial charge in [0.1, 0.15) is 18.5 Å². The summed E-state index contributed by atoms with van der Waals surface area (Å²) in [5, 5.41) is 24.3. The topological polar surface area (TPSA) is 125 Å². The summed E-state index contributed by atoms with van der Waals surface area (Å²) in [6, 6.07) is 9.58. The molecule has 9 nitrogen and oxygen atoms in total. The third-order valence-corrected chi connectivity index (χ3v) is 8.83. The van der Waals surface area contributed by atoms with Gasteiger partial charge in [0.25, 0.3) is 0 Å². The SMILES string of the molecule is COc1cc(C=O)cc(I)c1OC1C=C(C(=O)NCCO)CC(N(Cc2ccc(Cl)cc2)C(=O)CC2CCCC2)C1O. The van der Waals surface area contributed by atoms with Crippen LogP contribution in [0.15, 0.2) is 48.0 Å². The number of rotatable bonds is 12. The summed E-state index contributed by atoms with van der Waals surface area (Å²) in [7, 11) is 1.45. The van der Waals surface area contributed by atoms with Crippen LogP contribution < -0.4 is 14.8 Å². The number of carbonyl (C=O) groups is 3. The first-order chi connectivity index (χ1) is 20.2. The van der Waals surface area contributed by atoms with Gasteiger partial charge in [-0.1, -0.05) is 36.6 Å². The summed E-state index contributed by atoms with van der Waals surface area (Å²) >= 11 is 8.13. The third-order valence-electron chi connectivity index (χ3n) is 7.78. The Bertz CT molecular complexity index is 1300. The van der Waals surface area contributed by atoms with Crippen molar-refractivity contribution in [1.29, 1.82) is 0 Å². The van der Waals surface area contributed by atoms with Gasteiger partial charge in [0, 0.05) is 42.1 Å². The van der Waals surface area contributed by atoms with E-state index in [1.807, 2.05) is 34.7 Å². The minimum atomic E-state index is -1.19. The molecule has 2 aliphatic carbocycles. The molecule has 3 unspecified atom stereocenters. The number of carbonyl (C=O) groups excluding carboxylic acids is 3. The number of halogens is 2. The van der Waals surface area contributed by atoms with Gasteiger partial charge >= 0.3 is 0 Å². The summed E-state index contributed by atoms with van der Waals surface area (Å²) < 4.78 is 12.4. The van der Waals surface area contributed by atoms with Crippen LogP contribution in [0.25, 0.3) is 0 Å². The van der Waals surface area contributed by atoms with Gasteiger partial charge in [-0.15, -0.1) is 0 Å². The van der Waals surface area contributed by atoms with E-state index in [1.54, 1.807) is 29.2 Å². The number of aliphatic hydroxyl groups is 2. The number of ether oxygens (including phenoxy) is 2. The van der Waals surface area contributed by atoms with Crippen LogP contribution in [-0.4, -0.2) is 71.7 Å². The minimum absolute atomic E-state index is 0.0584. The highest BCUT2D eigenvalue weighted by Gasteiger charge is 2.41. The number of hydrogen-bond acceptors (Lipinski definition) is 7. The smallest absolute Gasteiger partial charge is 0.247 e. The second-order valence-electron chi connectivity index (χ2n) is 10.7. The van der Waals surface area contributed by atoms with Gasteiger partial charge in [-0.05, 0) is 77.3 Å². The van der Waals surface area contributed by atoms with Gasteiger partial charge < -0.3 is 29.9 Å².